The Morgan fingerprint density at radius 3 is 2.39 bits per heavy atom. The van der Waals surface area contributed by atoms with E-state index in [0.29, 0.717) is 29.5 Å². The molecule has 3 aromatic carbocycles. The van der Waals surface area contributed by atoms with E-state index >= 15 is 0 Å². The topological polar surface area (TPSA) is 84.5 Å². The number of sulfonamides is 1. The molecule has 6 nitrogen and oxygen atoms in total. The molecule has 3 rings (SSSR count). The number of ether oxygens (including phenoxy) is 1. The second kappa shape index (κ2) is 10.5. The largest absolute Gasteiger partial charge is 0.494 e. The Morgan fingerprint density at radius 1 is 1.03 bits per heavy atom. The van der Waals surface area contributed by atoms with Gasteiger partial charge in [0.15, 0.2) is 0 Å². The van der Waals surface area contributed by atoms with Crippen LogP contribution in [-0.4, -0.2) is 27.0 Å². The Kier molecular flexibility index (Phi) is 7.78. The molecule has 0 heterocycles. The molecular formula is C24H24F2N2O4S. The van der Waals surface area contributed by atoms with Crippen molar-refractivity contribution < 1.29 is 26.7 Å². The lowest BCUT2D eigenvalue weighted by Crippen LogP contribution is -2.45. The van der Waals surface area contributed by atoms with Gasteiger partial charge in [0.05, 0.1) is 17.2 Å². The maximum atomic E-state index is 14.0. The van der Waals surface area contributed by atoms with Crippen molar-refractivity contribution in [3.63, 3.8) is 0 Å². The predicted molar refractivity (Wildman–Crippen MR) is 122 cm³/mol. The van der Waals surface area contributed by atoms with Crippen LogP contribution < -0.4 is 14.8 Å². The molecule has 0 aliphatic carbocycles. The van der Waals surface area contributed by atoms with Crippen molar-refractivity contribution >= 4 is 21.6 Å². The number of halogens is 2. The van der Waals surface area contributed by atoms with Crippen LogP contribution in [0.2, 0.25) is 0 Å². The Bertz CT molecular complexity index is 1230. The number of rotatable bonds is 9. The van der Waals surface area contributed by atoms with Gasteiger partial charge in [0, 0.05) is 6.07 Å². The van der Waals surface area contributed by atoms with Crippen molar-refractivity contribution in [1.29, 1.82) is 0 Å². The fourth-order valence-corrected chi connectivity index (χ4v) is 4.49. The van der Waals surface area contributed by atoms with Crippen LogP contribution in [0.1, 0.15) is 18.1 Å². The van der Waals surface area contributed by atoms with Crippen LogP contribution in [-0.2, 0) is 21.2 Å². The average Bonchev–Trinajstić information content (AvgIpc) is 2.77. The minimum atomic E-state index is -4.11. The number of hydrogen-bond donors (Lipinski definition) is 2. The fraction of sp³-hybridized carbons (Fsp3) is 0.208. The number of anilines is 1. The van der Waals surface area contributed by atoms with Crippen molar-refractivity contribution in [3.8, 4) is 5.75 Å². The molecule has 1 atom stereocenters. The highest BCUT2D eigenvalue weighted by Gasteiger charge is 2.27. The molecule has 2 N–H and O–H groups in total. The van der Waals surface area contributed by atoms with Crippen LogP contribution in [0.4, 0.5) is 14.5 Å². The maximum absolute atomic E-state index is 14.0. The predicted octanol–water partition coefficient (Wildman–Crippen LogP) is 4.20. The fourth-order valence-electron chi connectivity index (χ4n) is 3.21. The van der Waals surface area contributed by atoms with Crippen molar-refractivity contribution in [2.24, 2.45) is 0 Å². The van der Waals surface area contributed by atoms with E-state index in [1.54, 1.807) is 43.3 Å². The van der Waals surface area contributed by atoms with Crippen molar-refractivity contribution in [2.45, 2.75) is 31.2 Å². The lowest BCUT2D eigenvalue weighted by atomic mass is 10.1. The normalized spacial score (nSPS) is 12.2. The van der Waals surface area contributed by atoms with Crippen LogP contribution >= 0.6 is 0 Å². The highest BCUT2D eigenvalue weighted by atomic mass is 32.2. The highest BCUT2D eigenvalue weighted by molar-refractivity contribution is 7.89. The van der Waals surface area contributed by atoms with E-state index < -0.39 is 33.6 Å². The molecule has 0 saturated carbocycles. The van der Waals surface area contributed by atoms with Gasteiger partial charge in [-0.05, 0) is 61.7 Å². The Balaban J connectivity index is 1.88. The molecule has 0 spiro atoms. The van der Waals surface area contributed by atoms with Gasteiger partial charge in [-0.3, -0.25) is 4.79 Å². The molecule has 0 unspecified atom stereocenters. The summed E-state index contributed by atoms with van der Waals surface area (Å²) >= 11 is 0. The first-order valence-electron chi connectivity index (χ1n) is 10.2. The summed E-state index contributed by atoms with van der Waals surface area (Å²) in [6.45, 7) is 3.97. The quantitative estimate of drug-likeness (QED) is 0.487. The molecular weight excluding hydrogens is 450 g/mol. The van der Waals surface area contributed by atoms with E-state index in [9.17, 15) is 22.0 Å². The van der Waals surface area contributed by atoms with E-state index in [-0.39, 0.29) is 17.0 Å². The Morgan fingerprint density at radius 2 is 1.76 bits per heavy atom. The Hall–Kier alpha value is -3.30. The molecule has 3 aromatic rings. The lowest BCUT2D eigenvalue weighted by Gasteiger charge is -2.19. The molecule has 0 bridgehead atoms. The minimum Gasteiger partial charge on any atom is -0.494 e. The first kappa shape index (κ1) is 24.3. The van der Waals surface area contributed by atoms with Crippen molar-refractivity contribution in [1.82, 2.24) is 4.72 Å². The molecule has 0 aliphatic heterocycles. The average molecular weight is 475 g/mol. The molecule has 9 heteroatoms. The van der Waals surface area contributed by atoms with E-state index in [2.05, 4.69) is 10.0 Å². The van der Waals surface area contributed by atoms with Gasteiger partial charge in [-0.1, -0.05) is 30.3 Å². The monoisotopic (exact) mass is 474 g/mol. The second-order valence-electron chi connectivity index (χ2n) is 7.34. The standard InChI is InChI=1S/C24H24F2N2O4S/c1-3-32-23-12-10-19(13-16(23)2)33(30,31)28-22(14-17-7-5-4-6-8-17)24(29)27-21-11-9-18(25)15-20(21)26/h4-13,15,22,28H,3,14H2,1-2H3,(H,27,29)/t22-/m1/s1. The zero-order valence-electron chi connectivity index (χ0n) is 18.1. The smallest absolute Gasteiger partial charge is 0.242 e. The van der Waals surface area contributed by atoms with E-state index in [4.69, 9.17) is 4.74 Å². The van der Waals surface area contributed by atoms with E-state index in [0.717, 1.165) is 12.1 Å². The number of hydrogen-bond acceptors (Lipinski definition) is 4. The SMILES string of the molecule is CCOc1ccc(S(=O)(=O)N[C@H](Cc2ccccc2)C(=O)Nc2ccc(F)cc2F)cc1C. The molecule has 1 amide bonds. The summed E-state index contributed by atoms with van der Waals surface area (Å²) in [5.41, 5.74) is 1.07. The summed E-state index contributed by atoms with van der Waals surface area (Å²) in [5, 5.41) is 2.34. The molecule has 0 saturated heterocycles. The molecule has 0 aliphatic rings. The summed E-state index contributed by atoms with van der Waals surface area (Å²) in [7, 11) is -4.11. The zero-order valence-corrected chi connectivity index (χ0v) is 19.0. The Labute approximate surface area is 191 Å². The number of benzene rings is 3. The third kappa shape index (κ3) is 6.36. The summed E-state index contributed by atoms with van der Waals surface area (Å²) in [6, 6.07) is 14.6. The van der Waals surface area contributed by atoms with Crippen molar-refractivity contribution in [3.05, 3.63) is 89.5 Å². The van der Waals surface area contributed by atoms with Crippen LogP contribution in [0.15, 0.2) is 71.6 Å². The number of amides is 1. The van der Waals surface area contributed by atoms with E-state index in [1.165, 1.54) is 12.1 Å². The zero-order chi connectivity index (χ0) is 24.0. The number of nitrogens with one attached hydrogen (secondary N) is 2. The molecule has 33 heavy (non-hydrogen) atoms. The number of carbonyl (C=O) groups excluding carboxylic acids is 1. The van der Waals surface area contributed by atoms with Crippen LogP contribution in [0.5, 0.6) is 5.75 Å². The summed E-state index contributed by atoms with van der Waals surface area (Å²) < 4.78 is 61.2. The van der Waals surface area contributed by atoms with Gasteiger partial charge in [0.25, 0.3) is 0 Å². The molecule has 174 valence electrons. The third-order valence-electron chi connectivity index (χ3n) is 4.84. The van der Waals surface area contributed by atoms with Gasteiger partial charge in [0.2, 0.25) is 15.9 Å². The number of aryl methyl sites for hydroxylation is 1. The van der Waals surface area contributed by atoms with Crippen LogP contribution in [0, 0.1) is 18.6 Å². The number of carbonyl (C=O) groups is 1. The molecule has 0 fully saturated rings. The lowest BCUT2D eigenvalue weighted by molar-refractivity contribution is -0.117. The first-order chi connectivity index (χ1) is 15.7. The van der Waals surface area contributed by atoms with Gasteiger partial charge in [-0.15, -0.1) is 0 Å². The second-order valence-corrected chi connectivity index (χ2v) is 9.05. The van der Waals surface area contributed by atoms with Gasteiger partial charge in [-0.2, -0.15) is 4.72 Å². The molecule has 0 aromatic heterocycles. The van der Waals surface area contributed by atoms with Gasteiger partial charge in [-0.25, -0.2) is 17.2 Å². The van der Waals surface area contributed by atoms with Gasteiger partial charge >= 0.3 is 0 Å². The summed E-state index contributed by atoms with van der Waals surface area (Å²) in [5.74, 6) is -1.98. The third-order valence-corrected chi connectivity index (χ3v) is 6.31. The highest BCUT2D eigenvalue weighted by Crippen LogP contribution is 2.22. The van der Waals surface area contributed by atoms with Gasteiger partial charge in [0.1, 0.15) is 23.4 Å². The van der Waals surface area contributed by atoms with Crippen LogP contribution in [0.3, 0.4) is 0 Å². The van der Waals surface area contributed by atoms with E-state index in [1.807, 2.05) is 6.92 Å². The minimum absolute atomic E-state index is 0.0186. The maximum Gasteiger partial charge on any atom is 0.242 e. The van der Waals surface area contributed by atoms with Gasteiger partial charge < -0.3 is 10.1 Å². The van der Waals surface area contributed by atoms with Crippen molar-refractivity contribution in [2.75, 3.05) is 11.9 Å². The first-order valence-corrected chi connectivity index (χ1v) is 11.7. The summed E-state index contributed by atoms with van der Waals surface area (Å²) in [6.07, 6.45) is 0.0186. The molecule has 0 radical (unpaired) electrons. The van der Waals surface area contributed by atoms with Crippen LogP contribution in [0.25, 0.3) is 0 Å². The summed E-state index contributed by atoms with van der Waals surface area (Å²) in [4.78, 5) is 12.9.